The molecule has 0 saturated carbocycles. The van der Waals surface area contributed by atoms with Gasteiger partial charge in [-0.3, -0.25) is 14.2 Å². The van der Waals surface area contributed by atoms with E-state index in [0.29, 0.717) is 28.8 Å². The van der Waals surface area contributed by atoms with Gasteiger partial charge in [0.05, 0.1) is 17.7 Å². The molecule has 1 aromatic heterocycles. The van der Waals surface area contributed by atoms with Crippen molar-refractivity contribution < 1.29 is 14.3 Å². The van der Waals surface area contributed by atoms with Gasteiger partial charge in [-0.05, 0) is 49.4 Å². The molecule has 3 N–H and O–H groups in total. The first-order chi connectivity index (χ1) is 14.6. The monoisotopic (exact) mass is 399 g/mol. The Bertz CT molecular complexity index is 1210. The van der Waals surface area contributed by atoms with Gasteiger partial charge < -0.3 is 15.8 Å². The number of para-hydroxylation sites is 1. The largest absolute Gasteiger partial charge is 0.494 e. The molecule has 0 saturated heterocycles. The van der Waals surface area contributed by atoms with Crippen molar-refractivity contribution >= 4 is 34.2 Å². The average Bonchev–Trinajstić information content (AvgIpc) is 3.07. The number of anilines is 2. The standard InChI is InChI=1S/C24H21N3O3/c1-2-30-18-14-12-17(13-15-18)26-23(28)21-19-10-6-7-11-20(19)27(22(21)25)24(29)16-8-4-3-5-9-16/h3-15H,2,25H2,1H3,(H,26,28). The molecule has 0 bridgehead atoms. The first kappa shape index (κ1) is 19.3. The molecule has 4 rings (SSSR count). The van der Waals surface area contributed by atoms with Gasteiger partial charge in [0.2, 0.25) is 0 Å². The predicted octanol–water partition coefficient (Wildman–Crippen LogP) is 4.56. The molecular weight excluding hydrogens is 378 g/mol. The Hall–Kier alpha value is -4.06. The van der Waals surface area contributed by atoms with E-state index < -0.39 is 0 Å². The van der Waals surface area contributed by atoms with E-state index in [1.807, 2.05) is 25.1 Å². The number of nitrogens with zero attached hydrogens (tertiary/aromatic N) is 1. The number of nitrogens with two attached hydrogens (primary N) is 1. The highest BCUT2D eigenvalue weighted by molar-refractivity contribution is 6.19. The Morgan fingerprint density at radius 2 is 1.60 bits per heavy atom. The molecular formula is C24H21N3O3. The molecule has 0 aliphatic heterocycles. The van der Waals surface area contributed by atoms with Crippen LogP contribution in [0.5, 0.6) is 5.75 Å². The fourth-order valence-corrected chi connectivity index (χ4v) is 3.42. The summed E-state index contributed by atoms with van der Waals surface area (Å²) in [4.78, 5) is 26.2. The lowest BCUT2D eigenvalue weighted by Gasteiger charge is -2.08. The quantitative estimate of drug-likeness (QED) is 0.515. The number of carbonyl (C=O) groups is 2. The zero-order valence-corrected chi connectivity index (χ0v) is 16.5. The van der Waals surface area contributed by atoms with E-state index in [9.17, 15) is 9.59 Å². The third-order valence-electron chi connectivity index (χ3n) is 4.79. The summed E-state index contributed by atoms with van der Waals surface area (Å²) in [6, 6.07) is 23.1. The number of fused-ring (bicyclic) bond motifs is 1. The number of nitrogen functional groups attached to an aromatic ring is 1. The van der Waals surface area contributed by atoms with E-state index in [0.717, 1.165) is 5.75 Å². The first-order valence-electron chi connectivity index (χ1n) is 9.63. The van der Waals surface area contributed by atoms with Crippen LogP contribution in [0.1, 0.15) is 27.6 Å². The lowest BCUT2D eigenvalue weighted by Crippen LogP contribution is -2.17. The number of benzene rings is 3. The molecule has 0 aliphatic rings. The van der Waals surface area contributed by atoms with Crippen LogP contribution in [-0.2, 0) is 0 Å². The van der Waals surface area contributed by atoms with Crippen LogP contribution in [0.4, 0.5) is 11.5 Å². The molecule has 0 spiro atoms. The van der Waals surface area contributed by atoms with Crippen molar-refractivity contribution in [3.05, 3.63) is 90.0 Å². The number of carbonyl (C=O) groups excluding carboxylic acids is 2. The summed E-state index contributed by atoms with van der Waals surface area (Å²) in [7, 11) is 0. The minimum atomic E-state index is -0.382. The molecule has 150 valence electrons. The minimum absolute atomic E-state index is 0.105. The highest BCUT2D eigenvalue weighted by Crippen LogP contribution is 2.30. The highest BCUT2D eigenvalue weighted by atomic mass is 16.5. The van der Waals surface area contributed by atoms with E-state index in [1.54, 1.807) is 60.7 Å². The zero-order chi connectivity index (χ0) is 21.1. The zero-order valence-electron chi connectivity index (χ0n) is 16.5. The molecule has 6 nitrogen and oxygen atoms in total. The summed E-state index contributed by atoms with van der Waals surface area (Å²) in [6.45, 7) is 2.47. The summed E-state index contributed by atoms with van der Waals surface area (Å²) in [5.41, 5.74) is 8.28. The van der Waals surface area contributed by atoms with Crippen molar-refractivity contribution in [1.82, 2.24) is 4.57 Å². The normalized spacial score (nSPS) is 10.7. The fourth-order valence-electron chi connectivity index (χ4n) is 3.42. The number of nitrogens with one attached hydrogen (secondary N) is 1. The Morgan fingerprint density at radius 3 is 2.30 bits per heavy atom. The van der Waals surface area contributed by atoms with E-state index in [1.165, 1.54) is 4.57 Å². The van der Waals surface area contributed by atoms with Crippen LogP contribution in [0.2, 0.25) is 0 Å². The van der Waals surface area contributed by atoms with Crippen LogP contribution in [-0.4, -0.2) is 23.0 Å². The molecule has 0 fully saturated rings. The summed E-state index contributed by atoms with van der Waals surface area (Å²) >= 11 is 0. The molecule has 6 heteroatoms. The first-order valence-corrected chi connectivity index (χ1v) is 9.63. The van der Waals surface area contributed by atoms with Crippen LogP contribution in [0.3, 0.4) is 0 Å². The van der Waals surface area contributed by atoms with Crippen LogP contribution < -0.4 is 15.8 Å². The fraction of sp³-hybridized carbons (Fsp3) is 0.0833. The summed E-state index contributed by atoms with van der Waals surface area (Å²) in [5.74, 6) is 0.158. The number of aromatic nitrogens is 1. The Kier molecular flexibility index (Phi) is 5.22. The SMILES string of the molecule is CCOc1ccc(NC(=O)c2c(N)n(C(=O)c3ccccc3)c3ccccc23)cc1. The summed E-state index contributed by atoms with van der Waals surface area (Å²) in [6.07, 6.45) is 0. The molecule has 0 unspecified atom stereocenters. The number of rotatable bonds is 5. The Labute approximate surface area is 173 Å². The molecule has 0 radical (unpaired) electrons. The van der Waals surface area contributed by atoms with Gasteiger partial charge in [-0.15, -0.1) is 0 Å². The van der Waals surface area contributed by atoms with Crippen molar-refractivity contribution in [3.63, 3.8) is 0 Å². The molecule has 3 aromatic carbocycles. The van der Waals surface area contributed by atoms with Crippen molar-refractivity contribution in [2.75, 3.05) is 17.7 Å². The van der Waals surface area contributed by atoms with Gasteiger partial charge in [-0.25, -0.2) is 0 Å². The second-order valence-electron chi connectivity index (χ2n) is 6.70. The van der Waals surface area contributed by atoms with E-state index in [2.05, 4.69) is 5.32 Å². The number of amides is 1. The van der Waals surface area contributed by atoms with Crippen molar-refractivity contribution in [2.45, 2.75) is 6.92 Å². The van der Waals surface area contributed by atoms with Gasteiger partial charge in [0, 0.05) is 16.6 Å². The Morgan fingerprint density at radius 1 is 0.933 bits per heavy atom. The van der Waals surface area contributed by atoms with Gasteiger partial charge in [0.15, 0.2) is 0 Å². The van der Waals surface area contributed by atoms with E-state index >= 15 is 0 Å². The lowest BCUT2D eigenvalue weighted by molar-refractivity contribution is 0.0967. The van der Waals surface area contributed by atoms with Crippen LogP contribution in [0.15, 0.2) is 78.9 Å². The lowest BCUT2D eigenvalue weighted by atomic mass is 10.1. The van der Waals surface area contributed by atoms with E-state index in [-0.39, 0.29) is 23.2 Å². The molecule has 4 aromatic rings. The molecule has 0 aliphatic carbocycles. The second-order valence-corrected chi connectivity index (χ2v) is 6.70. The third kappa shape index (κ3) is 3.51. The average molecular weight is 399 g/mol. The van der Waals surface area contributed by atoms with Gasteiger partial charge in [0.1, 0.15) is 11.6 Å². The second kappa shape index (κ2) is 8.13. The van der Waals surface area contributed by atoms with E-state index in [4.69, 9.17) is 10.5 Å². The van der Waals surface area contributed by atoms with Crippen molar-refractivity contribution in [1.29, 1.82) is 0 Å². The third-order valence-corrected chi connectivity index (χ3v) is 4.79. The minimum Gasteiger partial charge on any atom is -0.494 e. The van der Waals surface area contributed by atoms with Crippen molar-refractivity contribution in [3.8, 4) is 5.75 Å². The van der Waals surface area contributed by atoms with Gasteiger partial charge in [0.25, 0.3) is 11.8 Å². The van der Waals surface area contributed by atoms with Gasteiger partial charge in [-0.2, -0.15) is 0 Å². The smallest absolute Gasteiger partial charge is 0.263 e. The molecule has 1 amide bonds. The number of hydrogen-bond donors (Lipinski definition) is 2. The molecule has 30 heavy (non-hydrogen) atoms. The predicted molar refractivity (Wildman–Crippen MR) is 118 cm³/mol. The maximum Gasteiger partial charge on any atom is 0.263 e. The maximum absolute atomic E-state index is 13.1. The summed E-state index contributed by atoms with van der Waals surface area (Å²) in [5, 5.41) is 3.47. The Balaban J connectivity index is 1.73. The highest BCUT2D eigenvalue weighted by Gasteiger charge is 2.24. The van der Waals surface area contributed by atoms with Crippen LogP contribution in [0.25, 0.3) is 10.9 Å². The number of hydrogen-bond acceptors (Lipinski definition) is 4. The molecule has 1 heterocycles. The van der Waals surface area contributed by atoms with Gasteiger partial charge in [-0.1, -0.05) is 36.4 Å². The topological polar surface area (TPSA) is 86.3 Å². The van der Waals surface area contributed by atoms with Gasteiger partial charge >= 0.3 is 0 Å². The maximum atomic E-state index is 13.1. The van der Waals surface area contributed by atoms with Crippen molar-refractivity contribution in [2.24, 2.45) is 0 Å². The summed E-state index contributed by atoms with van der Waals surface area (Å²) < 4.78 is 6.81. The van der Waals surface area contributed by atoms with Crippen LogP contribution >= 0.6 is 0 Å². The van der Waals surface area contributed by atoms with Crippen LogP contribution in [0, 0.1) is 0 Å². The molecule has 0 atom stereocenters. The number of ether oxygens (including phenoxy) is 1.